The second-order valence-corrected chi connectivity index (χ2v) is 12.3. The summed E-state index contributed by atoms with van der Waals surface area (Å²) < 4.78 is 26.5. The number of methoxy groups -OCH3 is 5. The van der Waals surface area contributed by atoms with Crippen LogP contribution in [-0.4, -0.2) is 91.1 Å². The number of anilines is 1. The number of hydrogen-bond donors (Lipinski definition) is 1. The highest BCUT2D eigenvalue weighted by Gasteiger charge is 2.14. The van der Waals surface area contributed by atoms with Gasteiger partial charge in [0.05, 0.1) is 46.4 Å². The van der Waals surface area contributed by atoms with Gasteiger partial charge in [0.25, 0.3) is 0 Å². The van der Waals surface area contributed by atoms with Crippen LogP contribution in [0, 0.1) is 0 Å². The van der Waals surface area contributed by atoms with Gasteiger partial charge in [-0.1, -0.05) is 35.1 Å². The standard InChI is InChI=1S/C19H22N4O3S.C16H14ClN3O2S/c1-24-6-5-20-18-17-13(11-21-19(23-17)27-4)9-16(22-18)12-7-14(25-2)10-15(8-12)26-3;1-21-11-4-9(5-12(7-11)22-2)13-6-10-8-18-16(23-3)20-14(10)15(17)19-13/h7-11H,5-6H2,1-4H3,(H,20,22);4-8H,1-3H3. The summed E-state index contributed by atoms with van der Waals surface area (Å²) in [4.78, 5) is 26.9. The first kappa shape index (κ1) is 36.6. The number of nitrogens with one attached hydrogen (secondary N) is 1. The van der Waals surface area contributed by atoms with E-state index < -0.39 is 0 Å². The molecule has 0 radical (unpaired) electrons. The van der Waals surface area contributed by atoms with Gasteiger partial charge in [0.1, 0.15) is 34.0 Å². The normalized spacial score (nSPS) is 10.8. The molecule has 0 fully saturated rings. The van der Waals surface area contributed by atoms with Crippen molar-refractivity contribution in [2.75, 3.05) is 66.5 Å². The average molecular weight is 734 g/mol. The molecule has 0 bridgehead atoms. The number of halogens is 1. The van der Waals surface area contributed by atoms with Gasteiger partial charge in [-0.25, -0.2) is 29.9 Å². The quantitative estimate of drug-likeness (QED) is 0.0573. The molecule has 0 unspecified atom stereocenters. The zero-order chi connectivity index (χ0) is 35.6. The topological polar surface area (TPSA) is 136 Å². The lowest BCUT2D eigenvalue weighted by molar-refractivity contribution is 0.210. The molecule has 0 atom stereocenters. The third-order valence-electron chi connectivity index (χ3n) is 7.30. The Labute approximate surface area is 303 Å². The van der Waals surface area contributed by atoms with Crippen molar-refractivity contribution in [2.24, 2.45) is 0 Å². The van der Waals surface area contributed by atoms with Gasteiger partial charge < -0.3 is 29.0 Å². The van der Waals surface area contributed by atoms with Crippen LogP contribution in [0.2, 0.25) is 5.15 Å². The van der Waals surface area contributed by atoms with E-state index in [9.17, 15) is 0 Å². The molecule has 0 saturated heterocycles. The van der Waals surface area contributed by atoms with Crippen molar-refractivity contribution in [3.8, 4) is 45.5 Å². The van der Waals surface area contributed by atoms with E-state index in [1.807, 2.05) is 61.2 Å². The first-order valence-corrected chi connectivity index (χ1v) is 17.9. The first-order chi connectivity index (χ1) is 24.3. The number of rotatable bonds is 12. The second-order valence-electron chi connectivity index (χ2n) is 10.4. The van der Waals surface area contributed by atoms with Gasteiger partial charge in [0.2, 0.25) is 0 Å². The lowest BCUT2D eigenvalue weighted by Crippen LogP contribution is -2.10. The smallest absolute Gasteiger partial charge is 0.187 e. The molecule has 15 heteroatoms. The Morgan fingerprint density at radius 3 is 1.52 bits per heavy atom. The number of fused-ring (bicyclic) bond motifs is 2. The molecule has 0 aliphatic heterocycles. The molecule has 4 aromatic heterocycles. The fraction of sp³-hybridized carbons (Fsp3) is 0.257. The molecule has 0 saturated carbocycles. The molecule has 260 valence electrons. The summed E-state index contributed by atoms with van der Waals surface area (Å²) in [5.41, 5.74) is 4.64. The highest BCUT2D eigenvalue weighted by molar-refractivity contribution is 7.98. The summed E-state index contributed by atoms with van der Waals surface area (Å²) in [7, 11) is 8.14. The van der Waals surface area contributed by atoms with Gasteiger partial charge >= 0.3 is 0 Å². The minimum absolute atomic E-state index is 0.344. The first-order valence-electron chi connectivity index (χ1n) is 15.1. The molecular formula is C35H36ClN7O5S2. The van der Waals surface area contributed by atoms with Crippen molar-refractivity contribution in [3.05, 3.63) is 66.1 Å². The molecule has 0 aliphatic carbocycles. The van der Waals surface area contributed by atoms with Crippen LogP contribution in [0.25, 0.3) is 44.3 Å². The van der Waals surface area contributed by atoms with Gasteiger partial charge in [0, 0.05) is 60.1 Å². The van der Waals surface area contributed by atoms with E-state index in [0.29, 0.717) is 68.6 Å². The number of pyridine rings is 2. The summed E-state index contributed by atoms with van der Waals surface area (Å²) in [6, 6.07) is 15.1. The molecule has 6 aromatic rings. The zero-order valence-corrected chi connectivity index (χ0v) is 31.0. The lowest BCUT2D eigenvalue weighted by atomic mass is 10.1. The van der Waals surface area contributed by atoms with Gasteiger partial charge in [-0.05, 0) is 48.9 Å². The molecule has 4 heterocycles. The van der Waals surface area contributed by atoms with Crippen LogP contribution in [0.5, 0.6) is 23.0 Å². The van der Waals surface area contributed by atoms with E-state index in [1.165, 1.54) is 23.5 Å². The minimum Gasteiger partial charge on any atom is -0.497 e. The monoisotopic (exact) mass is 733 g/mol. The van der Waals surface area contributed by atoms with Gasteiger partial charge in [-0.2, -0.15) is 0 Å². The molecule has 6 rings (SSSR count). The Morgan fingerprint density at radius 2 is 1.06 bits per heavy atom. The van der Waals surface area contributed by atoms with Crippen LogP contribution < -0.4 is 24.3 Å². The van der Waals surface area contributed by atoms with Gasteiger partial charge in [0.15, 0.2) is 21.3 Å². The van der Waals surface area contributed by atoms with Crippen LogP contribution >= 0.6 is 35.1 Å². The predicted molar refractivity (Wildman–Crippen MR) is 201 cm³/mol. The molecule has 0 aliphatic rings. The third-order valence-corrected chi connectivity index (χ3v) is 8.69. The second kappa shape index (κ2) is 17.3. The summed E-state index contributed by atoms with van der Waals surface area (Å²) in [6.45, 7) is 1.20. The van der Waals surface area contributed by atoms with Crippen molar-refractivity contribution in [1.82, 2.24) is 29.9 Å². The molecule has 50 heavy (non-hydrogen) atoms. The number of thioether (sulfide) groups is 2. The van der Waals surface area contributed by atoms with E-state index in [2.05, 4.69) is 30.2 Å². The molecular weight excluding hydrogens is 698 g/mol. The summed E-state index contributed by atoms with van der Waals surface area (Å²) in [5, 5.41) is 6.76. The maximum absolute atomic E-state index is 6.32. The third kappa shape index (κ3) is 8.74. The van der Waals surface area contributed by atoms with E-state index in [4.69, 9.17) is 40.3 Å². The molecule has 2 aromatic carbocycles. The largest absolute Gasteiger partial charge is 0.497 e. The Kier molecular flexibility index (Phi) is 12.7. The maximum atomic E-state index is 6.32. The highest BCUT2D eigenvalue weighted by Crippen LogP contribution is 2.34. The maximum Gasteiger partial charge on any atom is 0.187 e. The van der Waals surface area contributed by atoms with Crippen molar-refractivity contribution in [2.45, 2.75) is 10.3 Å². The molecule has 1 N–H and O–H groups in total. The number of nitrogens with zero attached hydrogens (tertiary/aromatic N) is 6. The van der Waals surface area contributed by atoms with E-state index in [1.54, 1.807) is 47.8 Å². The van der Waals surface area contributed by atoms with E-state index in [0.717, 1.165) is 33.1 Å². The van der Waals surface area contributed by atoms with E-state index >= 15 is 0 Å². The fourth-order valence-corrected chi connectivity index (χ4v) is 5.73. The van der Waals surface area contributed by atoms with Crippen LogP contribution in [0.4, 0.5) is 5.82 Å². The number of hydrogen-bond acceptors (Lipinski definition) is 14. The SMILES string of the molecule is COCCNc1nc(-c2cc(OC)cc(OC)c2)cc2cnc(SC)nc12.COc1cc(OC)cc(-c2cc3cnc(SC)nc3c(Cl)n2)c1. The van der Waals surface area contributed by atoms with Gasteiger partial charge in [-0.3, -0.25) is 0 Å². The Balaban J connectivity index is 0.000000197. The van der Waals surface area contributed by atoms with Crippen molar-refractivity contribution >= 4 is 62.7 Å². The van der Waals surface area contributed by atoms with Crippen LogP contribution in [0.15, 0.2) is 71.2 Å². The zero-order valence-electron chi connectivity index (χ0n) is 28.6. The minimum atomic E-state index is 0.344. The fourth-order valence-electron chi connectivity index (χ4n) is 4.81. The molecule has 12 nitrogen and oxygen atoms in total. The molecule has 0 amide bonds. The van der Waals surface area contributed by atoms with Crippen molar-refractivity contribution in [1.29, 1.82) is 0 Å². The predicted octanol–water partition coefficient (Wildman–Crippen LogP) is 7.57. The summed E-state index contributed by atoms with van der Waals surface area (Å²) >= 11 is 9.27. The highest BCUT2D eigenvalue weighted by atomic mass is 35.5. The average Bonchev–Trinajstić information content (AvgIpc) is 3.17. The Hall–Kier alpha value is -4.63. The van der Waals surface area contributed by atoms with E-state index in [-0.39, 0.29) is 0 Å². The number of aromatic nitrogens is 6. The Morgan fingerprint density at radius 1 is 0.600 bits per heavy atom. The number of benzene rings is 2. The summed E-state index contributed by atoms with van der Waals surface area (Å²) in [6.07, 6.45) is 7.43. The number of ether oxygens (including phenoxy) is 5. The van der Waals surface area contributed by atoms with Gasteiger partial charge in [-0.15, -0.1) is 0 Å². The van der Waals surface area contributed by atoms with Crippen molar-refractivity contribution < 1.29 is 23.7 Å². The molecule has 0 spiro atoms. The Bertz CT molecular complexity index is 2060. The lowest BCUT2D eigenvalue weighted by Gasteiger charge is -2.13. The van der Waals surface area contributed by atoms with Crippen LogP contribution in [-0.2, 0) is 4.74 Å². The van der Waals surface area contributed by atoms with Crippen LogP contribution in [0.1, 0.15) is 0 Å². The van der Waals surface area contributed by atoms with Crippen LogP contribution in [0.3, 0.4) is 0 Å². The van der Waals surface area contributed by atoms with Crippen molar-refractivity contribution in [3.63, 3.8) is 0 Å². The summed E-state index contributed by atoms with van der Waals surface area (Å²) in [5.74, 6) is 3.47.